The average Bonchev–Trinajstić information content (AvgIpc) is 2.29. The van der Waals surface area contributed by atoms with E-state index in [2.05, 4.69) is 10.2 Å². The predicted octanol–water partition coefficient (Wildman–Crippen LogP) is -0.0493. The number of nitrogens with two attached hydrogens (primary N) is 1. The molecule has 1 fully saturated rings. The highest BCUT2D eigenvalue weighted by Crippen LogP contribution is 2.15. The summed E-state index contributed by atoms with van der Waals surface area (Å²) in [5.74, 6) is -0.293. The van der Waals surface area contributed by atoms with Gasteiger partial charge in [-0.1, -0.05) is 6.92 Å². The molecular weight excluding hydrogens is 218 g/mol. The first-order valence-corrected chi connectivity index (χ1v) is 6.32. The van der Waals surface area contributed by atoms with Gasteiger partial charge in [0.15, 0.2) is 0 Å². The summed E-state index contributed by atoms with van der Waals surface area (Å²) in [6, 6.07) is 0. The van der Waals surface area contributed by atoms with Crippen molar-refractivity contribution in [3.8, 4) is 0 Å². The topological polar surface area (TPSA) is 67.6 Å². The number of methoxy groups -OCH3 is 1. The second-order valence-corrected chi connectivity index (χ2v) is 4.96. The molecule has 0 bridgehead atoms. The molecule has 0 aliphatic carbocycles. The largest absolute Gasteiger partial charge is 0.380 e. The number of hydrogen-bond acceptors (Lipinski definition) is 4. The Morgan fingerprint density at radius 1 is 1.65 bits per heavy atom. The van der Waals surface area contributed by atoms with Crippen LogP contribution in [0.4, 0.5) is 0 Å². The molecule has 0 saturated carbocycles. The lowest BCUT2D eigenvalue weighted by Gasteiger charge is -2.38. The van der Waals surface area contributed by atoms with E-state index >= 15 is 0 Å². The predicted molar refractivity (Wildman–Crippen MR) is 67.7 cm³/mol. The van der Waals surface area contributed by atoms with Crippen molar-refractivity contribution < 1.29 is 9.53 Å². The van der Waals surface area contributed by atoms with Crippen LogP contribution in [0, 0.1) is 0 Å². The average molecular weight is 243 g/mol. The molecule has 1 saturated heterocycles. The first-order chi connectivity index (χ1) is 8.01. The maximum Gasteiger partial charge on any atom is 0.238 e. The zero-order chi connectivity index (χ0) is 12.9. The summed E-state index contributed by atoms with van der Waals surface area (Å²) >= 11 is 0. The number of likely N-dealkylation sites (N-methyl/N-ethyl adjacent to an activating group) is 1. The van der Waals surface area contributed by atoms with Gasteiger partial charge in [-0.25, -0.2) is 0 Å². The number of piperidine rings is 1. The third kappa shape index (κ3) is 3.94. The van der Waals surface area contributed by atoms with Crippen molar-refractivity contribution in [2.75, 3.05) is 33.3 Å². The molecule has 0 aromatic rings. The number of carbonyl (C=O) groups is 1. The van der Waals surface area contributed by atoms with E-state index < -0.39 is 5.54 Å². The molecular formula is C12H25N3O2. The van der Waals surface area contributed by atoms with Crippen LogP contribution in [0.3, 0.4) is 0 Å². The molecule has 1 aliphatic rings. The van der Waals surface area contributed by atoms with E-state index in [1.807, 2.05) is 13.8 Å². The highest BCUT2D eigenvalue weighted by Gasteiger charge is 2.33. The third-order valence-corrected chi connectivity index (χ3v) is 3.45. The molecule has 100 valence electrons. The number of rotatable bonds is 6. The van der Waals surface area contributed by atoms with Crippen LogP contribution in [0.15, 0.2) is 0 Å². The third-order valence-electron chi connectivity index (χ3n) is 3.45. The first kappa shape index (κ1) is 14.4. The summed E-state index contributed by atoms with van der Waals surface area (Å²) < 4.78 is 5.38. The fourth-order valence-corrected chi connectivity index (χ4v) is 2.41. The zero-order valence-electron chi connectivity index (χ0n) is 11.2. The SMILES string of the molecule is CCNC(C)(CN1CCCC(OC)C1)C(N)=O. The minimum absolute atomic E-state index is 0.280. The van der Waals surface area contributed by atoms with Crippen molar-refractivity contribution >= 4 is 5.91 Å². The molecule has 2 atom stereocenters. The molecule has 2 unspecified atom stereocenters. The lowest BCUT2D eigenvalue weighted by atomic mass is 9.98. The van der Waals surface area contributed by atoms with Crippen molar-refractivity contribution in [1.29, 1.82) is 0 Å². The van der Waals surface area contributed by atoms with Gasteiger partial charge in [0.25, 0.3) is 0 Å². The van der Waals surface area contributed by atoms with Crippen LogP contribution in [0.1, 0.15) is 26.7 Å². The van der Waals surface area contributed by atoms with Crippen LogP contribution >= 0.6 is 0 Å². The lowest BCUT2D eigenvalue weighted by molar-refractivity contribution is -0.125. The Morgan fingerprint density at radius 2 is 2.35 bits per heavy atom. The van der Waals surface area contributed by atoms with Crippen LogP contribution in [-0.4, -0.2) is 55.7 Å². The number of likely N-dealkylation sites (tertiary alicyclic amines) is 1. The minimum Gasteiger partial charge on any atom is -0.380 e. The Balaban J connectivity index is 2.57. The van der Waals surface area contributed by atoms with Crippen LogP contribution in [0.2, 0.25) is 0 Å². The molecule has 3 N–H and O–H groups in total. The molecule has 1 rings (SSSR count). The summed E-state index contributed by atoms with van der Waals surface area (Å²) in [5, 5.41) is 3.18. The van der Waals surface area contributed by atoms with Gasteiger partial charge < -0.3 is 15.8 Å². The summed E-state index contributed by atoms with van der Waals surface area (Å²) in [7, 11) is 1.74. The van der Waals surface area contributed by atoms with Gasteiger partial charge in [-0.05, 0) is 32.9 Å². The molecule has 1 heterocycles. The summed E-state index contributed by atoms with van der Waals surface area (Å²) in [6.45, 7) is 7.13. The monoisotopic (exact) mass is 243 g/mol. The van der Waals surface area contributed by atoms with Crippen molar-refractivity contribution in [2.24, 2.45) is 5.73 Å². The first-order valence-electron chi connectivity index (χ1n) is 6.32. The van der Waals surface area contributed by atoms with Crippen molar-refractivity contribution in [3.05, 3.63) is 0 Å². The van der Waals surface area contributed by atoms with Gasteiger partial charge in [-0.15, -0.1) is 0 Å². The van der Waals surface area contributed by atoms with Gasteiger partial charge in [0.05, 0.1) is 6.10 Å². The van der Waals surface area contributed by atoms with E-state index in [0.717, 1.165) is 32.5 Å². The number of nitrogens with zero attached hydrogens (tertiary/aromatic N) is 1. The molecule has 0 radical (unpaired) electrons. The minimum atomic E-state index is -0.648. The second-order valence-electron chi connectivity index (χ2n) is 4.96. The second kappa shape index (κ2) is 6.33. The van der Waals surface area contributed by atoms with Crippen LogP contribution in [-0.2, 0) is 9.53 Å². The van der Waals surface area contributed by atoms with E-state index in [9.17, 15) is 4.79 Å². The normalized spacial score (nSPS) is 25.5. The Labute approximate surface area is 104 Å². The van der Waals surface area contributed by atoms with E-state index in [-0.39, 0.29) is 12.0 Å². The molecule has 0 aromatic heterocycles. The Hall–Kier alpha value is -0.650. The van der Waals surface area contributed by atoms with E-state index in [1.165, 1.54) is 0 Å². The molecule has 0 aromatic carbocycles. The van der Waals surface area contributed by atoms with Gasteiger partial charge in [0, 0.05) is 20.2 Å². The Bertz CT molecular complexity index is 260. The number of amides is 1. The highest BCUT2D eigenvalue weighted by molar-refractivity contribution is 5.84. The molecule has 5 heteroatoms. The van der Waals surface area contributed by atoms with Gasteiger partial charge in [0.1, 0.15) is 5.54 Å². The van der Waals surface area contributed by atoms with Crippen molar-refractivity contribution in [1.82, 2.24) is 10.2 Å². The molecule has 1 amide bonds. The van der Waals surface area contributed by atoms with Crippen LogP contribution in [0.5, 0.6) is 0 Å². The zero-order valence-corrected chi connectivity index (χ0v) is 11.2. The quantitative estimate of drug-likeness (QED) is 0.686. The number of carbonyl (C=O) groups excluding carboxylic acids is 1. The summed E-state index contributed by atoms with van der Waals surface area (Å²) in [5.41, 5.74) is 4.83. The molecule has 1 aliphatic heterocycles. The smallest absolute Gasteiger partial charge is 0.238 e. The molecule has 0 spiro atoms. The van der Waals surface area contributed by atoms with Gasteiger partial charge in [-0.3, -0.25) is 9.69 Å². The standard InChI is InChI=1S/C12H25N3O2/c1-4-14-12(2,11(13)16)9-15-7-5-6-10(8-15)17-3/h10,14H,4-9H2,1-3H3,(H2,13,16). The maximum absolute atomic E-state index is 11.5. The fourth-order valence-electron chi connectivity index (χ4n) is 2.41. The number of ether oxygens (including phenoxy) is 1. The van der Waals surface area contributed by atoms with Gasteiger partial charge in [0.2, 0.25) is 5.91 Å². The number of primary amides is 1. The molecule has 17 heavy (non-hydrogen) atoms. The van der Waals surface area contributed by atoms with Gasteiger partial charge >= 0.3 is 0 Å². The number of hydrogen-bond donors (Lipinski definition) is 2. The fraction of sp³-hybridized carbons (Fsp3) is 0.917. The van der Waals surface area contributed by atoms with E-state index in [4.69, 9.17) is 10.5 Å². The summed E-state index contributed by atoms with van der Waals surface area (Å²) in [4.78, 5) is 13.8. The highest BCUT2D eigenvalue weighted by atomic mass is 16.5. The lowest BCUT2D eigenvalue weighted by Crippen LogP contribution is -2.60. The summed E-state index contributed by atoms with van der Waals surface area (Å²) in [6.07, 6.45) is 2.49. The Morgan fingerprint density at radius 3 is 2.88 bits per heavy atom. The Kier molecular flexibility index (Phi) is 5.36. The number of nitrogens with one attached hydrogen (secondary N) is 1. The van der Waals surface area contributed by atoms with E-state index in [0.29, 0.717) is 6.54 Å². The van der Waals surface area contributed by atoms with Gasteiger partial charge in [-0.2, -0.15) is 0 Å². The molecule has 5 nitrogen and oxygen atoms in total. The van der Waals surface area contributed by atoms with Crippen LogP contribution < -0.4 is 11.1 Å². The maximum atomic E-state index is 11.5. The van der Waals surface area contributed by atoms with Crippen molar-refractivity contribution in [3.63, 3.8) is 0 Å². The van der Waals surface area contributed by atoms with Crippen molar-refractivity contribution in [2.45, 2.75) is 38.3 Å². The van der Waals surface area contributed by atoms with E-state index in [1.54, 1.807) is 7.11 Å². The van der Waals surface area contributed by atoms with Crippen LogP contribution in [0.25, 0.3) is 0 Å².